The van der Waals surface area contributed by atoms with E-state index in [4.69, 9.17) is 11.6 Å². The van der Waals surface area contributed by atoms with Crippen molar-refractivity contribution in [1.82, 2.24) is 4.90 Å². The van der Waals surface area contributed by atoms with Crippen molar-refractivity contribution in [2.45, 2.75) is 25.7 Å². The molecule has 0 aliphatic carbocycles. The van der Waals surface area contributed by atoms with Crippen LogP contribution in [0, 0.1) is 0 Å². The molecule has 0 N–H and O–H groups in total. The molecule has 1 fully saturated rings. The van der Waals surface area contributed by atoms with Gasteiger partial charge in [0.15, 0.2) is 5.78 Å². The number of hydrogen-bond acceptors (Lipinski definition) is 2. The molecule has 1 aromatic carbocycles. The largest absolute Gasteiger partial charge is 0.378 e. The molecule has 1 aromatic rings. The van der Waals surface area contributed by atoms with Gasteiger partial charge in [-0.2, -0.15) is 0 Å². The van der Waals surface area contributed by atoms with Gasteiger partial charge in [-0.1, -0.05) is 18.0 Å². The van der Waals surface area contributed by atoms with Crippen LogP contribution in [0.4, 0.5) is 0 Å². The zero-order valence-electron chi connectivity index (χ0n) is 10.7. The highest BCUT2D eigenvalue weighted by atomic mass is 35.5. The number of nitrogens with zero attached hydrogens (tertiary/aromatic N) is 1. The van der Waals surface area contributed by atoms with Crippen molar-refractivity contribution in [2.24, 2.45) is 0 Å². The van der Waals surface area contributed by atoms with Crippen molar-refractivity contribution in [3.05, 3.63) is 46.6 Å². The lowest BCUT2D eigenvalue weighted by Crippen LogP contribution is -2.18. The van der Waals surface area contributed by atoms with E-state index >= 15 is 0 Å². The number of halogens is 1. The first-order chi connectivity index (χ1) is 8.66. The second-order valence-electron chi connectivity index (χ2n) is 4.74. The summed E-state index contributed by atoms with van der Waals surface area (Å²) in [6.45, 7) is 1.04. The lowest BCUT2D eigenvalue weighted by Gasteiger charge is -2.19. The minimum Gasteiger partial charge on any atom is -0.378 e. The van der Waals surface area contributed by atoms with Crippen LogP contribution in [0.25, 0.3) is 0 Å². The van der Waals surface area contributed by atoms with Gasteiger partial charge in [-0.25, -0.2) is 0 Å². The molecule has 0 saturated carbocycles. The number of benzene rings is 1. The number of allylic oxidation sites excluding steroid dienone is 2. The lowest BCUT2D eigenvalue weighted by atomic mass is 10.1. The Morgan fingerprint density at radius 2 is 1.94 bits per heavy atom. The standard InChI is InChI=1S/C15H18ClNO/c1-17-10-4-2-3-5-14(17)11-15(18)12-6-8-13(16)9-7-12/h6-9,11H,2-5,10H2,1H3/b14-11+. The Balaban J connectivity index is 2.15. The molecule has 0 atom stereocenters. The molecule has 0 aromatic heterocycles. The highest BCUT2D eigenvalue weighted by molar-refractivity contribution is 6.30. The molecule has 1 aliphatic heterocycles. The second kappa shape index (κ2) is 6.05. The molecular weight excluding hydrogens is 246 g/mol. The number of ketones is 1. The second-order valence-corrected chi connectivity index (χ2v) is 5.18. The first-order valence-corrected chi connectivity index (χ1v) is 6.76. The fourth-order valence-electron chi connectivity index (χ4n) is 2.20. The maximum atomic E-state index is 12.1. The van der Waals surface area contributed by atoms with Gasteiger partial charge in [-0.3, -0.25) is 4.79 Å². The SMILES string of the molecule is CN1CCCCC/C1=C\C(=O)c1ccc(Cl)cc1. The van der Waals surface area contributed by atoms with E-state index < -0.39 is 0 Å². The normalized spacial score (nSPS) is 18.8. The smallest absolute Gasteiger partial charge is 0.187 e. The van der Waals surface area contributed by atoms with Crippen LogP contribution in [0.5, 0.6) is 0 Å². The molecule has 1 heterocycles. The molecule has 2 nitrogen and oxygen atoms in total. The van der Waals surface area contributed by atoms with Crippen LogP contribution in [-0.2, 0) is 0 Å². The van der Waals surface area contributed by atoms with E-state index in [9.17, 15) is 4.79 Å². The van der Waals surface area contributed by atoms with Crippen molar-refractivity contribution in [3.8, 4) is 0 Å². The zero-order chi connectivity index (χ0) is 13.0. The predicted octanol–water partition coefficient (Wildman–Crippen LogP) is 3.91. The van der Waals surface area contributed by atoms with Gasteiger partial charge in [0.2, 0.25) is 0 Å². The summed E-state index contributed by atoms with van der Waals surface area (Å²) in [5.41, 5.74) is 1.84. The highest BCUT2D eigenvalue weighted by Crippen LogP contribution is 2.19. The average Bonchev–Trinajstić information content (AvgIpc) is 2.56. The number of carbonyl (C=O) groups excluding carboxylic acids is 1. The number of rotatable bonds is 2. The molecule has 0 unspecified atom stereocenters. The molecule has 0 amide bonds. The Morgan fingerprint density at radius 3 is 2.67 bits per heavy atom. The van der Waals surface area contributed by atoms with Crippen LogP contribution in [0.15, 0.2) is 36.0 Å². The Kier molecular flexibility index (Phi) is 4.43. The quantitative estimate of drug-likeness (QED) is 0.596. The van der Waals surface area contributed by atoms with Crippen LogP contribution in [0.1, 0.15) is 36.0 Å². The molecule has 18 heavy (non-hydrogen) atoms. The number of carbonyl (C=O) groups is 1. The van der Waals surface area contributed by atoms with Gasteiger partial charge >= 0.3 is 0 Å². The Bertz CT molecular complexity index is 450. The highest BCUT2D eigenvalue weighted by Gasteiger charge is 2.11. The van der Waals surface area contributed by atoms with E-state index in [-0.39, 0.29) is 5.78 Å². The third-order valence-electron chi connectivity index (χ3n) is 3.34. The molecule has 2 rings (SSSR count). The van der Waals surface area contributed by atoms with E-state index in [0.717, 1.165) is 18.7 Å². The summed E-state index contributed by atoms with van der Waals surface area (Å²) in [5.74, 6) is 0.0652. The molecule has 1 aliphatic rings. The topological polar surface area (TPSA) is 20.3 Å². The Labute approximate surface area is 113 Å². The summed E-state index contributed by atoms with van der Waals surface area (Å²) in [7, 11) is 2.06. The van der Waals surface area contributed by atoms with Crippen LogP contribution in [0.2, 0.25) is 5.02 Å². The van der Waals surface area contributed by atoms with Gasteiger partial charge in [0, 0.05) is 36.0 Å². The van der Waals surface area contributed by atoms with Crippen molar-refractivity contribution in [2.75, 3.05) is 13.6 Å². The summed E-state index contributed by atoms with van der Waals surface area (Å²) in [5, 5.41) is 0.658. The first kappa shape index (κ1) is 13.2. The Hall–Kier alpha value is -1.28. The maximum Gasteiger partial charge on any atom is 0.187 e. The van der Waals surface area contributed by atoms with Gasteiger partial charge in [0.25, 0.3) is 0 Å². The fraction of sp³-hybridized carbons (Fsp3) is 0.400. The van der Waals surface area contributed by atoms with Crippen LogP contribution >= 0.6 is 11.6 Å². The van der Waals surface area contributed by atoms with Gasteiger partial charge in [-0.05, 0) is 43.5 Å². The van der Waals surface area contributed by atoms with E-state index in [1.54, 1.807) is 30.3 Å². The molecule has 0 spiro atoms. The summed E-state index contributed by atoms with van der Waals surface area (Å²) in [6, 6.07) is 7.06. The van der Waals surface area contributed by atoms with E-state index in [0.29, 0.717) is 10.6 Å². The molecule has 96 valence electrons. The molecule has 3 heteroatoms. The van der Waals surface area contributed by atoms with Crippen molar-refractivity contribution in [3.63, 3.8) is 0 Å². The van der Waals surface area contributed by atoms with Crippen LogP contribution < -0.4 is 0 Å². The molecule has 0 bridgehead atoms. The molecule has 0 radical (unpaired) electrons. The number of likely N-dealkylation sites (tertiary alicyclic amines) is 1. The third kappa shape index (κ3) is 3.36. The zero-order valence-corrected chi connectivity index (χ0v) is 11.4. The van der Waals surface area contributed by atoms with E-state index in [1.807, 2.05) is 0 Å². The third-order valence-corrected chi connectivity index (χ3v) is 3.60. The van der Waals surface area contributed by atoms with Crippen molar-refractivity contribution < 1.29 is 4.79 Å². The van der Waals surface area contributed by atoms with Gasteiger partial charge in [0.05, 0.1) is 0 Å². The first-order valence-electron chi connectivity index (χ1n) is 6.38. The predicted molar refractivity (Wildman–Crippen MR) is 75.0 cm³/mol. The minimum atomic E-state index is 0.0652. The van der Waals surface area contributed by atoms with Gasteiger partial charge in [0.1, 0.15) is 0 Å². The van der Waals surface area contributed by atoms with E-state index in [2.05, 4.69) is 11.9 Å². The van der Waals surface area contributed by atoms with Gasteiger partial charge in [-0.15, -0.1) is 0 Å². The average molecular weight is 264 g/mol. The van der Waals surface area contributed by atoms with Crippen molar-refractivity contribution >= 4 is 17.4 Å². The van der Waals surface area contributed by atoms with Crippen LogP contribution in [-0.4, -0.2) is 24.3 Å². The Morgan fingerprint density at radius 1 is 1.22 bits per heavy atom. The monoisotopic (exact) mass is 263 g/mol. The summed E-state index contributed by atoms with van der Waals surface area (Å²) in [4.78, 5) is 14.3. The fourth-order valence-corrected chi connectivity index (χ4v) is 2.32. The van der Waals surface area contributed by atoms with Gasteiger partial charge < -0.3 is 4.90 Å². The van der Waals surface area contributed by atoms with Crippen LogP contribution in [0.3, 0.4) is 0 Å². The lowest BCUT2D eigenvalue weighted by molar-refractivity contribution is 0.104. The summed E-state index contributed by atoms with van der Waals surface area (Å²) in [6.07, 6.45) is 6.40. The molecular formula is C15H18ClNO. The summed E-state index contributed by atoms with van der Waals surface area (Å²) < 4.78 is 0. The van der Waals surface area contributed by atoms with E-state index in [1.165, 1.54) is 19.3 Å². The molecule has 1 saturated heterocycles. The summed E-state index contributed by atoms with van der Waals surface area (Å²) >= 11 is 5.82. The van der Waals surface area contributed by atoms with Crippen molar-refractivity contribution in [1.29, 1.82) is 0 Å². The maximum absolute atomic E-state index is 12.1. The number of hydrogen-bond donors (Lipinski definition) is 0. The minimum absolute atomic E-state index is 0.0652.